The zero-order chi connectivity index (χ0) is 15.8. The summed E-state index contributed by atoms with van der Waals surface area (Å²) in [6.07, 6.45) is 0.680. The Labute approximate surface area is 146 Å². The SMILES string of the molecule is Clc1ccc(-c2nn3c(Cc4ccccc4)nnc3s2)c(Cl)c1. The van der Waals surface area contributed by atoms with E-state index in [-0.39, 0.29) is 0 Å². The Kier molecular flexibility index (Phi) is 3.77. The first kappa shape index (κ1) is 14.6. The molecule has 0 amide bonds. The van der Waals surface area contributed by atoms with Crippen LogP contribution in [0.2, 0.25) is 10.0 Å². The van der Waals surface area contributed by atoms with Crippen molar-refractivity contribution in [3.8, 4) is 10.6 Å². The number of nitrogens with zero attached hydrogens (tertiary/aromatic N) is 4. The van der Waals surface area contributed by atoms with Gasteiger partial charge in [0, 0.05) is 17.0 Å². The van der Waals surface area contributed by atoms with Gasteiger partial charge in [-0.2, -0.15) is 9.61 Å². The molecular weight excluding hydrogens is 351 g/mol. The van der Waals surface area contributed by atoms with Crippen molar-refractivity contribution in [2.24, 2.45) is 0 Å². The summed E-state index contributed by atoms with van der Waals surface area (Å²) < 4.78 is 1.78. The normalized spacial score (nSPS) is 11.2. The minimum atomic E-state index is 0.576. The average molecular weight is 361 g/mol. The second-order valence-electron chi connectivity index (χ2n) is 5.00. The van der Waals surface area contributed by atoms with E-state index in [0.717, 1.165) is 21.4 Å². The number of hydrogen-bond acceptors (Lipinski definition) is 4. The van der Waals surface area contributed by atoms with E-state index >= 15 is 0 Å². The Bertz CT molecular complexity index is 978. The van der Waals surface area contributed by atoms with E-state index in [9.17, 15) is 0 Å². The van der Waals surface area contributed by atoms with Crippen molar-refractivity contribution in [1.82, 2.24) is 19.8 Å². The lowest BCUT2D eigenvalue weighted by Gasteiger charge is -2.00. The van der Waals surface area contributed by atoms with E-state index in [1.807, 2.05) is 24.3 Å². The van der Waals surface area contributed by atoms with E-state index in [2.05, 4.69) is 27.4 Å². The predicted octanol–water partition coefficient (Wildman–Crippen LogP) is 4.75. The van der Waals surface area contributed by atoms with Gasteiger partial charge in [-0.15, -0.1) is 10.2 Å². The molecule has 2 aromatic heterocycles. The van der Waals surface area contributed by atoms with Crippen LogP contribution in [-0.2, 0) is 6.42 Å². The van der Waals surface area contributed by atoms with Crippen molar-refractivity contribution >= 4 is 39.5 Å². The van der Waals surface area contributed by atoms with Gasteiger partial charge in [0.05, 0.1) is 5.02 Å². The molecule has 0 radical (unpaired) electrons. The second kappa shape index (κ2) is 5.92. The smallest absolute Gasteiger partial charge is 0.187 e. The first-order valence-electron chi connectivity index (χ1n) is 6.91. The maximum atomic E-state index is 6.27. The van der Waals surface area contributed by atoms with Gasteiger partial charge < -0.3 is 0 Å². The van der Waals surface area contributed by atoms with E-state index in [0.29, 0.717) is 16.5 Å². The summed E-state index contributed by atoms with van der Waals surface area (Å²) in [6, 6.07) is 15.5. The van der Waals surface area contributed by atoms with Crippen LogP contribution in [0.4, 0.5) is 0 Å². The van der Waals surface area contributed by atoms with Gasteiger partial charge in [-0.25, -0.2) is 0 Å². The molecule has 0 spiro atoms. The molecule has 0 aliphatic rings. The van der Waals surface area contributed by atoms with Gasteiger partial charge in [0.2, 0.25) is 4.96 Å². The zero-order valence-corrected chi connectivity index (χ0v) is 14.1. The largest absolute Gasteiger partial charge is 0.234 e. The van der Waals surface area contributed by atoms with Gasteiger partial charge in [-0.1, -0.05) is 64.9 Å². The van der Waals surface area contributed by atoms with E-state index in [1.165, 1.54) is 16.9 Å². The molecule has 0 fully saturated rings. The van der Waals surface area contributed by atoms with Crippen LogP contribution in [0.3, 0.4) is 0 Å². The Morgan fingerprint density at radius 2 is 1.83 bits per heavy atom. The highest BCUT2D eigenvalue weighted by Crippen LogP contribution is 2.33. The first-order chi connectivity index (χ1) is 11.2. The monoisotopic (exact) mass is 360 g/mol. The molecule has 0 N–H and O–H groups in total. The van der Waals surface area contributed by atoms with Crippen molar-refractivity contribution in [3.05, 3.63) is 70.0 Å². The Hall–Kier alpha value is -1.95. The van der Waals surface area contributed by atoms with Crippen molar-refractivity contribution in [3.63, 3.8) is 0 Å². The van der Waals surface area contributed by atoms with Gasteiger partial charge in [-0.3, -0.25) is 0 Å². The maximum absolute atomic E-state index is 6.27. The van der Waals surface area contributed by atoms with Gasteiger partial charge in [0.25, 0.3) is 0 Å². The van der Waals surface area contributed by atoms with Crippen molar-refractivity contribution < 1.29 is 0 Å². The number of rotatable bonds is 3. The summed E-state index contributed by atoms with van der Waals surface area (Å²) in [4.78, 5) is 0.747. The molecule has 0 saturated carbocycles. The summed E-state index contributed by atoms with van der Waals surface area (Å²) in [5.41, 5.74) is 2.01. The van der Waals surface area contributed by atoms with Gasteiger partial charge in [-0.05, 0) is 23.8 Å². The second-order valence-corrected chi connectivity index (χ2v) is 6.80. The number of halogens is 2. The molecule has 0 aliphatic heterocycles. The Morgan fingerprint density at radius 1 is 1.00 bits per heavy atom. The molecule has 2 heterocycles. The maximum Gasteiger partial charge on any atom is 0.234 e. The summed E-state index contributed by atoms with van der Waals surface area (Å²) in [5, 5.41) is 15.0. The summed E-state index contributed by atoms with van der Waals surface area (Å²) in [6.45, 7) is 0. The molecule has 4 aromatic rings. The molecule has 0 unspecified atom stereocenters. The molecule has 4 nitrogen and oxygen atoms in total. The fourth-order valence-electron chi connectivity index (χ4n) is 2.32. The number of benzene rings is 2. The van der Waals surface area contributed by atoms with Crippen molar-refractivity contribution in [2.45, 2.75) is 6.42 Å². The molecule has 0 bridgehead atoms. The summed E-state index contributed by atoms with van der Waals surface area (Å²) >= 11 is 13.7. The number of hydrogen-bond donors (Lipinski definition) is 0. The zero-order valence-electron chi connectivity index (χ0n) is 11.8. The van der Waals surface area contributed by atoms with Crippen LogP contribution in [-0.4, -0.2) is 19.8 Å². The Balaban J connectivity index is 1.74. The molecule has 114 valence electrons. The molecule has 0 saturated heterocycles. The number of fused-ring (bicyclic) bond motifs is 1. The van der Waals surface area contributed by atoms with Gasteiger partial charge in [0.15, 0.2) is 5.82 Å². The van der Waals surface area contributed by atoms with Crippen molar-refractivity contribution in [1.29, 1.82) is 0 Å². The van der Waals surface area contributed by atoms with Crippen molar-refractivity contribution in [2.75, 3.05) is 0 Å². The third kappa shape index (κ3) is 2.83. The van der Waals surface area contributed by atoms with Gasteiger partial charge >= 0.3 is 0 Å². The first-order valence-corrected chi connectivity index (χ1v) is 8.48. The highest BCUT2D eigenvalue weighted by Gasteiger charge is 2.15. The fourth-order valence-corrected chi connectivity index (χ4v) is 3.77. The highest BCUT2D eigenvalue weighted by molar-refractivity contribution is 7.19. The lowest BCUT2D eigenvalue weighted by Crippen LogP contribution is -1.97. The Morgan fingerprint density at radius 3 is 2.61 bits per heavy atom. The van der Waals surface area contributed by atoms with Crippen LogP contribution in [0.5, 0.6) is 0 Å². The quantitative estimate of drug-likeness (QED) is 0.529. The highest BCUT2D eigenvalue weighted by atomic mass is 35.5. The van der Waals surface area contributed by atoms with Crippen LogP contribution >= 0.6 is 34.5 Å². The van der Waals surface area contributed by atoms with Crippen LogP contribution in [0, 0.1) is 0 Å². The van der Waals surface area contributed by atoms with E-state index in [4.69, 9.17) is 23.2 Å². The summed E-state index contributed by atoms with van der Waals surface area (Å²) in [7, 11) is 0. The molecule has 7 heteroatoms. The van der Waals surface area contributed by atoms with E-state index in [1.54, 1.807) is 16.6 Å². The van der Waals surface area contributed by atoms with Crippen LogP contribution in [0.15, 0.2) is 48.5 Å². The molecule has 23 heavy (non-hydrogen) atoms. The third-order valence-electron chi connectivity index (χ3n) is 3.42. The standard InChI is InChI=1S/C16H10Cl2N4S/c17-11-6-7-12(13(18)9-11)15-21-22-14(19-20-16(22)23-15)8-10-4-2-1-3-5-10/h1-7,9H,8H2. The molecular formula is C16H10Cl2N4S. The average Bonchev–Trinajstić information content (AvgIpc) is 3.10. The van der Waals surface area contributed by atoms with Crippen LogP contribution in [0.25, 0.3) is 15.5 Å². The topological polar surface area (TPSA) is 43.1 Å². The fraction of sp³-hybridized carbons (Fsp3) is 0.0625. The third-order valence-corrected chi connectivity index (χ3v) is 4.90. The minimum Gasteiger partial charge on any atom is -0.187 e. The lowest BCUT2D eigenvalue weighted by molar-refractivity contribution is 0.854. The van der Waals surface area contributed by atoms with Gasteiger partial charge in [0.1, 0.15) is 5.01 Å². The minimum absolute atomic E-state index is 0.576. The molecule has 0 aliphatic carbocycles. The molecule has 2 aromatic carbocycles. The van der Waals surface area contributed by atoms with Crippen LogP contribution < -0.4 is 0 Å². The molecule has 4 rings (SSSR count). The lowest BCUT2D eigenvalue weighted by atomic mass is 10.1. The van der Waals surface area contributed by atoms with Crippen LogP contribution in [0.1, 0.15) is 11.4 Å². The predicted molar refractivity (Wildman–Crippen MR) is 93.4 cm³/mol. The molecule has 0 atom stereocenters. The number of aromatic nitrogens is 4. The summed E-state index contributed by atoms with van der Waals surface area (Å²) in [5.74, 6) is 0.804. The van der Waals surface area contributed by atoms with E-state index < -0.39 is 0 Å².